The second kappa shape index (κ2) is 9.33. The van der Waals surface area contributed by atoms with Crippen molar-refractivity contribution in [2.45, 2.75) is 38.4 Å². The van der Waals surface area contributed by atoms with E-state index in [1.54, 1.807) is 29.6 Å². The van der Waals surface area contributed by atoms with Gasteiger partial charge < -0.3 is 15.0 Å². The van der Waals surface area contributed by atoms with Gasteiger partial charge in [-0.05, 0) is 29.6 Å². The van der Waals surface area contributed by atoms with E-state index in [-0.39, 0.29) is 17.7 Å². The molecule has 2 aromatic carbocycles. The van der Waals surface area contributed by atoms with E-state index in [4.69, 9.17) is 17.8 Å². The number of carbonyl (C=O) groups is 3. The molecule has 0 spiro atoms. The number of piperidine rings is 1. The van der Waals surface area contributed by atoms with Gasteiger partial charge in [0.1, 0.15) is 6.02 Å². The Bertz CT molecular complexity index is 1610. The molecule has 3 aliphatic heterocycles. The fourth-order valence-electron chi connectivity index (χ4n) is 3.74. The lowest BCUT2D eigenvalue weighted by molar-refractivity contribution is -0.136. The van der Waals surface area contributed by atoms with Crippen LogP contribution < -0.4 is 10.6 Å². The fraction of sp³-hybridized carbons (Fsp3) is 0.400. The van der Waals surface area contributed by atoms with Gasteiger partial charge in [-0.2, -0.15) is 0 Å². The van der Waals surface area contributed by atoms with Crippen LogP contribution in [-0.4, -0.2) is 59.7 Å². The Labute approximate surface area is 211 Å². The molecule has 3 heterocycles. The molecule has 3 aliphatic rings. The van der Waals surface area contributed by atoms with E-state index in [2.05, 4.69) is 10.1 Å². The summed E-state index contributed by atoms with van der Waals surface area (Å²) in [5.74, 6) is -3.97. The van der Waals surface area contributed by atoms with Crippen LogP contribution in [0.15, 0.2) is 42.5 Å². The molecular formula is C25H28N4O4. The average Bonchev–Trinajstić information content (AvgIpc) is 3.29. The minimum Gasteiger partial charge on any atom is -0.381 e. The quantitative estimate of drug-likeness (QED) is 0.639. The van der Waals surface area contributed by atoms with Gasteiger partial charge in [-0.3, -0.25) is 24.6 Å². The molecule has 1 atom stereocenters. The summed E-state index contributed by atoms with van der Waals surface area (Å²) < 4.78 is 110. The van der Waals surface area contributed by atoms with Gasteiger partial charge in [0.2, 0.25) is 11.8 Å². The van der Waals surface area contributed by atoms with Gasteiger partial charge >= 0.3 is 0 Å². The summed E-state index contributed by atoms with van der Waals surface area (Å²) in [6.45, 7) is -13.4. The van der Waals surface area contributed by atoms with E-state index < -0.39 is 75.7 Å². The number of fused-ring (bicyclic) bond motifs is 1. The molecule has 5 rings (SSSR count). The Hall–Kier alpha value is -3.23. The molecule has 8 heteroatoms. The van der Waals surface area contributed by atoms with Crippen molar-refractivity contribution in [3.05, 3.63) is 64.7 Å². The van der Waals surface area contributed by atoms with E-state index >= 15 is 0 Å². The maximum atomic E-state index is 13.4. The van der Waals surface area contributed by atoms with Crippen LogP contribution in [-0.2, 0) is 34.0 Å². The number of morpholine rings is 1. The third kappa shape index (κ3) is 4.62. The van der Waals surface area contributed by atoms with Crippen molar-refractivity contribution < 1.29 is 36.9 Å². The maximum Gasteiger partial charge on any atom is 0.255 e. The third-order valence-electron chi connectivity index (χ3n) is 5.25. The van der Waals surface area contributed by atoms with Gasteiger partial charge in [0.15, 0.2) is 0 Å². The molecule has 0 aromatic heterocycles. The Morgan fingerprint density at radius 1 is 1.12 bits per heavy atom. The van der Waals surface area contributed by atoms with Crippen LogP contribution in [0.3, 0.4) is 0 Å². The SMILES string of the molecule is [2H]C1([2H])OC([2H])([2H])C([2H])([2H])N(Cc2cccc(CNc3cccc4c3CN(C3([2H])C(=O)NC(=O)C([2H])([2H])C3([2H])[2H])C4=O)c2)C1([2H])[2H]. The van der Waals surface area contributed by atoms with Crippen LogP contribution in [0.4, 0.5) is 5.69 Å². The minimum absolute atomic E-state index is 0.0201. The predicted molar refractivity (Wildman–Crippen MR) is 122 cm³/mol. The fourth-order valence-corrected chi connectivity index (χ4v) is 3.74. The second-order valence-corrected chi connectivity index (χ2v) is 7.39. The van der Waals surface area contributed by atoms with Crippen LogP contribution in [0.5, 0.6) is 0 Å². The molecule has 0 aliphatic carbocycles. The number of amides is 3. The zero-order chi connectivity index (χ0) is 34.5. The Morgan fingerprint density at radius 2 is 1.91 bits per heavy atom. The first-order valence-electron chi connectivity index (χ1n) is 16.5. The molecule has 2 N–H and O–H groups in total. The molecule has 0 saturated carbocycles. The molecule has 0 bridgehead atoms. The van der Waals surface area contributed by atoms with Crippen molar-refractivity contribution in [3.63, 3.8) is 0 Å². The van der Waals surface area contributed by atoms with Gasteiger partial charge in [0.05, 0.1) is 20.0 Å². The highest BCUT2D eigenvalue weighted by Gasteiger charge is 2.39. The summed E-state index contributed by atoms with van der Waals surface area (Å²) >= 11 is 0. The number of anilines is 1. The van der Waals surface area contributed by atoms with E-state index in [0.29, 0.717) is 26.6 Å². The Morgan fingerprint density at radius 3 is 2.76 bits per heavy atom. The molecule has 3 amide bonds. The third-order valence-corrected chi connectivity index (χ3v) is 5.25. The summed E-state index contributed by atoms with van der Waals surface area (Å²) in [5, 5.41) is 4.76. The van der Waals surface area contributed by atoms with Crippen molar-refractivity contribution in [3.8, 4) is 0 Å². The highest BCUT2D eigenvalue weighted by Crippen LogP contribution is 2.32. The standard InChI is InChI=1S/C25H28N4O4/c30-23-8-7-22(24(31)27-23)29-16-20-19(25(29)32)5-2-6-21(20)26-14-17-3-1-4-18(13-17)15-28-9-11-33-12-10-28/h1-6,13,22,26H,7-12,14-16H2,(H,27,30,31)/i7D2,8D2,9D2,10D2,11D2,12D2,22D. The van der Waals surface area contributed by atoms with Gasteiger partial charge in [-0.25, -0.2) is 0 Å². The predicted octanol–water partition coefficient (Wildman–Crippen LogP) is 1.89. The first-order valence-corrected chi connectivity index (χ1v) is 10.0. The summed E-state index contributed by atoms with van der Waals surface area (Å²) in [4.78, 5) is 39.2. The summed E-state index contributed by atoms with van der Waals surface area (Å²) in [7, 11) is 0. The van der Waals surface area contributed by atoms with Crippen LogP contribution in [0, 0.1) is 0 Å². The van der Waals surface area contributed by atoms with E-state index in [9.17, 15) is 14.4 Å². The lowest BCUT2D eigenvalue weighted by Gasteiger charge is -2.29. The Kier molecular flexibility index (Phi) is 3.18. The number of hydrogen-bond donors (Lipinski definition) is 2. The average molecular weight is 462 g/mol. The number of hydrogen-bond acceptors (Lipinski definition) is 6. The normalized spacial score (nSPS) is 38.4. The minimum atomic E-state index is -3.42. The number of nitrogens with one attached hydrogen (secondary N) is 2. The van der Waals surface area contributed by atoms with Gasteiger partial charge in [0, 0.05) is 66.8 Å². The van der Waals surface area contributed by atoms with Crippen LogP contribution >= 0.6 is 0 Å². The van der Waals surface area contributed by atoms with E-state index in [1.807, 2.05) is 0 Å². The first kappa shape index (κ1) is 11.3. The topological polar surface area (TPSA) is 91.0 Å². The molecular weight excluding hydrogens is 420 g/mol. The smallest absolute Gasteiger partial charge is 0.255 e. The molecule has 33 heavy (non-hydrogen) atoms. The van der Waals surface area contributed by atoms with Gasteiger partial charge in [0.25, 0.3) is 5.91 Å². The zero-order valence-corrected chi connectivity index (χ0v) is 17.2. The van der Waals surface area contributed by atoms with Gasteiger partial charge in [-0.1, -0.05) is 30.3 Å². The number of ether oxygens (including phenoxy) is 1. The largest absolute Gasteiger partial charge is 0.381 e. The van der Waals surface area contributed by atoms with Crippen LogP contribution in [0.1, 0.15) is 57.6 Å². The highest BCUT2D eigenvalue weighted by molar-refractivity contribution is 6.06. The van der Waals surface area contributed by atoms with Crippen molar-refractivity contribution in [1.82, 2.24) is 15.1 Å². The van der Waals surface area contributed by atoms with Crippen molar-refractivity contribution in [2.75, 3.05) is 31.4 Å². The second-order valence-electron chi connectivity index (χ2n) is 7.39. The van der Waals surface area contributed by atoms with Gasteiger partial charge in [-0.15, -0.1) is 0 Å². The number of benzene rings is 2. The Balaban J connectivity index is 1.38. The van der Waals surface area contributed by atoms with Crippen LogP contribution in [0.2, 0.25) is 0 Å². The van der Waals surface area contributed by atoms with Crippen molar-refractivity contribution in [1.29, 1.82) is 0 Å². The number of carbonyl (C=O) groups excluding carboxylic acids is 3. The maximum absolute atomic E-state index is 13.4. The zero-order valence-electron chi connectivity index (χ0n) is 30.2. The van der Waals surface area contributed by atoms with Crippen molar-refractivity contribution >= 4 is 23.4 Å². The first-order chi connectivity index (χ1) is 20.9. The van der Waals surface area contributed by atoms with E-state index in [1.165, 1.54) is 18.2 Å². The molecule has 2 aromatic rings. The summed E-state index contributed by atoms with van der Waals surface area (Å²) in [6, 6.07) is 7.65. The molecule has 8 nitrogen and oxygen atoms in total. The molecule has 0 radical (unpaired) electrons. The lowest BCUT2D eigenvalue weighted by Crippen LogP contribution is -2.52. The van der Waals surface area contributed by atoms with Crippen LogP contribution in [0.25, 0.3) is 0 Å². The summed E-state index contributed by atoms with van der Waals surface area (Å²) in [6.07, 6.45) is -6.73. The molecule has 2 saturated heterocycles. The molecule has 2 fully saturated rings. The number of rotatable bonds is 6. The highest BCUT2D eigenvalue weighted by atomic mass is 16.5. The molecule has 172 valence electrons. The number of imide groups is 1. The lowest BCUT2D eigenvalue weighted by atomic mass is 10.0. The monoisotopic (exact) mass is 461 g/mol. The number of nitrogens with zero attached hydrogens (tertiary/aromatic N) is 2. The molecule has 1 unspecified atom stereocenters. The van der Waals surface area contributed by atoms with Crippen molar-refractivity contribution in [2.24, 2.45) is 0 Å². The summed E-state index contributed by atoms with van der Waals surface area (Å²) in [5.41, 5.74) is 1.51. The van der Waals surface area contributed by atoms with E-state index in [0.717, 1.165) is 0 Å².